The maximum absolute atomic E-state index is 9.94. The Kier molecular flexibility index (Phi) is 1.21. The van der Waals surface area contributed by atoms with Crippen molar-refractivity contribution in [2.45, 2.75) is 0 Å². The van der Waals surface area contributed by atoms with Crippen molar-refractivity contribution in [2.24, 2.45) is 9.98 Å². The van der Waals surface area contributed by atoms with E-state index in [9.17, 15) is 8.42 Å². The van der Waals surface area contributed by atoms with Gasteiger partial charge >= 0.3 is 0 Å². The molecule has 0 aromatic heterocycles. The molecule has 42 valence electrons. The molecular weight excluding hydrogens is 128 g/mol. The molecule has 0 amide bonds. The molecule has 5 heteroatoms. The molecular formula is C3H2N2O2S. The van der Waals surface area contributed by atoms with Crippen LogP contribution in [0.25, 0.3) is 0 Å². The molecule has 1 aliphatic heterocycles. The van der Waals surface area contributed by atoms with Crippen LogP contribution in [-0.4, -0.2) is 26.0 Å². The Hall–Kier alpha value is -0.970. The van der Waals surface area contributed by atoms with Crippen molar-refractivity contribution in [3.8, 4) is 0 Å². The fourth-order valence-corrected chi connectivity index (χ4v) is 0.607. The lowest BCUT2D eigenvalue weighted by Gasteiger charge is -1.68. The topological polar surface area (TPSA) is 58.9 Å². The van der Waals surface area contributed by atoms with E-state index in [2.05, 4.69) is 9.98 Å². The van der Waals surface area contributed by atoms with Gasteiger partial charge in [0.1, 0.15) is 0 Å². The van der Waals surface area contributed by atoms with Gasteiger partial charge in [0.2, 0.25) is 0 Å². The fourth-order valence-electron chi connectivity index (χ4n) is 0.314. The van der Waals surface area contributed by atoms with Crippen molar-refractivity contribution in [1.29, 1.82) is 0 Å². The monoisotopic (exact) mass is 130 g/mol. The third kappa shape index (κ3) is 0.812. The van der Waals surface area contributed by atoms with Crippen molar-refractivity contribution in [2.75, 3.05) is 0 Å². The van der Waals surface area contributed by atoms with Crippen molar-refractivity contribution in [1.82, 2.24) is 0 Å². The highest BCUT2D eigenvalue weighted by Gasteiger charge is 1.94. The Balaban J connectivity index is 3.29. The predicted molar refractivity (Wildman–Crippen MR) is 30.9 cm³/mol. The van der Waals surface area contributed by atoms with Gasteiger partial charge in [0.25, 0.3) is 15.4 Å². The lowest BCUT2D eigenvalue weighted by molar-refractivity contribution is 0.626. The summed E-state index contributed by atoms with van der Waals surface area (Å²) >= 11 is 0. The molecule has 0 spiro atoms. The van der Waals surface area contributed by atoms with Crippen LogP contribution in [-0.2, 0) is 10.3 Å². The summed E-state index contributed by atoms with van der Waals surface area (Å²) in [6.45, 7) is 0. The molecule has 1 aliphatic rings. The zero-order chi connectivity index (χ0) is 5.98. The second-order valence-corrected chi connectivity index (χ2v) is 1.91. The quantitative estimate of drug-likeness (QED) is 0.399. The highest BCUT2D eigenvalue weighted by molar-refractivity contribution is 7.73. The molecule has 0 aromatic rings. The minimum atomic E-state index is -2.27. The van der Waals surface area contributed by atoms with E-state index in [4.69, 9.17) is 0 Å². The second kappa shape index (κ2) is 1.87. The summed E-state index contributed by atoms with van der Waals surface area (Å²) in [5, 5.41) is -0.148. The zero-order valence-corrected chi connectivity index (χ0v) is 4.59. The largest absolute Gasteiger partial charge is 0.275 e. The minimum Gasteiger partial charge on any atom is -0.222 e. The van der Waals surface area contributed by atoms with Gasteiger partial charge in [-0.15, -0.1) is 0 Å². The number of hydrogen-bond acceptors (Lipinski definition) is 2. The van der Waals surface area contributed by atoms with Gasteiger partial charge in [-0.05, 0) is 0 Å². The maximum atomic E-state index is 9.94. The number of hydrogen-bond donors (Lipinski definition) is 0. The average Bonchev–Trinajstić information content (AvgIpc) is 2.12. The lowest BCUT2D eigenvalue weighted by Crippen LogP contribution is -1.82. The van der Waals surface area contributed by atoms with Crippen molar-refractivity contribution < 1.29 is 8.42 Å². The third-order valence-electron chi connectivity index (χ3n) is 0.586. The van der Waals surface area contributed by atoms with Crippen LogP contribution in [0.1, 0.15) is 0 Å². The Bertz CT molecular complexity index is 250. The molecule has 0 saturated heterocycles. The highest BCUT2D eigenvalue weighted by Crippen LogP contribution is 1.81. The van der Waals surface area contributed by atoms with Crippen LogP contribution in [0.2, 0.25) is 0 Å². The molecule has 1 heterocycles. The van der Waals surface area contributed by atoms with Gasteiger partial charge < -0.3 is 0 Å². The molecule has 0 aromatic carbocycles. The molecule has 0 aliphatic carbocycles. The molecule has 0 fully saturated rings. The van der Waals surface area contributed by atoms with E-state index in [1.54, 1.807) is 0 Å². The summed E-state index contributed by atoms with van der Waals surface area (Å²) in [5.74, 6) is 0. The summed E-state index contributed by atoms with van der Waals surface area (Å²) in [4.78, 5) is 6.78. The van der Waals surface area contributed by atoms with Gasteiger partial charge in [-0.2, -0.15) is 8.42 Å². The maximum Gasteiger partial charge on any atom is 0.275 e. The van der Waals surface area contributed by atoms with Gasteiger partial charge in [0.05, 0.1) is 0 Å². The van der Waals surface area contributed by atoms with Crippen molar-refractivity contribution >= 4 is 27.8 Å². The SMILES string of the molecule is O=S(=O)=C1N=CC=N1. The standard InChI is InChI=1S/C3H2N2O2S/c6-8(7)3-4-1-2-5-3/h1-2H. The highest BCUT2D eigenvalue weighted by atomic mass is 32.2. The first-order valence-corrected chi connectivity index (χ1v) is 2.91. The summed E-state index contributed by atoms with van der Waals surface area (Å²) in [7, 11) is -2.27. The van der Waals surface area contributed by atoms with Crippen LogP contribution in [0, 0.1) is 0 Å². The molecule has 0 atom stereocenters. The Labute approximate surface area is 47.1 Å². The van der Waals surface area contributed by atoms with E-state index in [1.807, 2.05) is 0 Å². The normalized spacial score (nSPS) is 15.2. The van der Waals surface area contributed by atoms with E-state index in [0.717, 1.165) is 0 Å². The lowest BCUT2D eigenvalue weighted by atomic mass is 10.9. The Morgan fingerprint density at radius 3 is 2.00 bits per heavy atom. The predicted octanol–water partition coefficient (Wildman–Crippen LogP) is -0.892. The zero-order valence-electron chi connectivity index (χ0n) is 3.77. The van der Waals surface area contributed by atoms with E-state index in [1.165, 1.54) is 12.4 Å². The average molecular weight is 130 g/mol. The van der Waals surface area contributed by atoms with Crippen LogP contribution < -0.4 is 0 Å². The third-order valence-corrected chi connectivity index (χ3v) is 1.09. The first-order chi connectivity index (χ1) is 3.80. The van der Waals surface area contributed by atoms with Crippen LogP contribution in [0.5, 0.6) is 0 Å². The van der Waals surface area contributed by atoms with Gasteiger partial charge in [-0.25, -0.2) is 9.98 Å². The van der Waals surface area contributed by atoms with Gasteiger partial charge in [0, 0.05) is 12.4 Å². The Morgan fingerprint density at radius 2 is 1.75 bits per heavy atom. The summed E-state index contributed by atoms with van der Waals surface area (Å²) < 4.78 is 19.9. The van der Waals surface area contributed by atoms with E-state index in [0.29, 0.717) is 0 Å². The van der Waals surface area contributed by atoms with Crippen LogP contribution in [0.3, 0.4) is 0 Å². The first-order valence-electron chi connectivity index (χ1n) is 1.83. The number of aliphatic imine (C=N–C) groups is 2. The molecule has 0 bridgehead atoms. The molecule has 0 N–H and O–H groups in total. The van der Waals surface area contributed by atoms with Crippen molar-refractivity contribution in [3.05, 3.63) is 0 Å². The van der Waals surface area contributed by atoms with Crippen LogP contribution in [0.4, 0.5) is 0 Å². The molecule has 0 radical (unpaired) electrons. The van der Waals surface area contributed by atoms with Gasteiger partial charge in [0.15, 0.2) is 0 Å². The molecule has 4 nitrogen and oxygen atoms in total. The van der Waals surface area contributed by atoms with E-state index >= 15 is 0 Å². The molecule has 0 unspecified atom stereocenters. The molecule has 0 saturated carbocycles. The van der Waals surface area contributed by atoms with Crippen LogP contribution >= 0.6 is 0 Å². The van der Waals surface area contributed by atoms with E-state index in [-0.39, 0.29) is 5.11 Å². The smallest absolute Gasteiger partial charge is 0.222 e. The first kappa shape index (κ1) is 5.17. The van der Waals surface area contributed by atoms with Gasteiger partial charge in [-0.3, -0.25) is 0 Å². The van der Waals surface area contributed by atoms with Gasteiger partial charge in [-0.1, -0.05) is 0 Å². The number of nitrogens with zero attached hydrogens (tertiary/aromatic N) is 2. The summed E-state index contributed by atoms with van der Waals surface area (Å²) in [5.41, 5.74) is 0. The summed E-state index contributed by atoms with van der Waals surface area (Å²) in [6.07, 6.45) is 2.65. The van der Waals surface area contributed by atoms with E-state index < -0.39 is 10.3 Å². The fraction of sp³-hybridized carbons (Fsp3) is 0. The number of rotatable bonds is 0. The molecule has 8 heavy (non-hydrogen) atoms. The van der Waals surface area contributed by atoms with Crippen LogP contribution in [0.15, 0.2) is 9.98 Å². The van der Waals surface area contributed by atoms with Crippen molar-refractivity contribution in [3.63, 3.8) is 0 Å². The molecule has 1 rings (SSSR count). The minimum absolute atomic E-state index is 0.148. The second-order valence-electron chi connectivity index (χ2n) is 1.07. The summed E-state index contributed by atoms with van der Waals surface area (Å²) in [6, 6.07) is 0. The Morgan fingerprint density at radius 1 is 1.25 bits per heavy atom.